The van der Waals surface area contributed by atoms with Crippen molar-refractivity contribution in [3.8, 4) is 11.5 Å². The van der Waals surface area contributed by atoms with Crippen LogP contribution in [0.3, 0.4) is 0 Å². The predicted molar refractivity (Wildman–Crippen MR) is 126 cm³/mol. The van der Waals surface area contributed by atoms with Gasteiger partial charge < -0.3 is 29.0 Å². The Morgan fingerprint density at radius 1 is 1.00 bits per heavy atom. The molecule has 1 atom stereocenters. The first-order valence-corrected chi connectivity index (χ1v) is 11.3. The summed E-state index contributed by atoms with van der Waals surface area (Å²) < 4.78 is 22.1. The summed E-state index contributed by atoms with van der Waals surface area (Å²) in [5.41, 5.74) is 2.07. The highest BCUT2D eigenvalue weighted by Crippen LogP contribution is 2.32. The molecule has 1 heterocycles. The van der Waals surface area contributed by atoms with Gasteiger partial charge >= 0.3 is 6.09 Å². The van der Waals surface area contributed by atoms with E-state index in [4.69, 9.17) is 18.9 Å². The molecule has 3 rings (SSSR count). The molecule has 0 radical (unpaired) electrons. The number of ether oxygens (including phenoxy) is 4. The Bertz CT molecular complexity index is 913. The number of likely N-dealkylation sites (tertiary alicyclic amines) is 1. The standard InChI is InChI=1S/C26H35NO6/c1-26(2,3)33-25(29)27-14-12-21(13-15-27)32-17-18-6-8-19(9-7-18)24(28)20-10-11-22(30-4)23(16-20)31-5/h6-11,16,21,24,28H,12-15,17H2,1-5H3. The third-order valence-electron chi connectivity index (χ3n) is 5.60. The molecule has 1 N–H and O–H groups in total. The second kappa shape index (κ2) is 10.9. The van der Waals surface area contributed by atoms with E-state index in [9.17, 15) is 9.90 Å². The maximum atomic E-state index is 12.2. The van der Waals surface area contributed by atoms with Crippen LogP contribution in [0.15, 0.2) is 42.5 Å². The van der Waals surface area contributed by atoms with Crippen molar-refractivity contribution in [3.05, 3.63) is 59.2 Å². The molecule has 0 aliphatic carbocycles. The number of amides is 1. The quantitative estimate of drug-likeness (QED) is 0.649. The molecule has 1 aliphatic rings. The van der Waals surface area contributed by atoms with Crippen molar-refractivity contribution in [2.75, 3.05) is 27.3 Å². The third-order valence-corrected chi connectivity index (χ3v) is 5.60. The fourth-order valence-electron chi connectivity index (χ4n) is 3.76. The van der Waals surface area contributed by atoms with Crippen LogP contribution in [0, 0.1) is 0 Å². The summed E-state index contributed by atoms with van der Waals surface area (Å²) >= 11 is 0. The highest BCUT2D eigenvalue weighted by molar-refractivity contribution is 5.68. The lowest BCUT2D eigenvalue weighted by molar-refractivity contribution is -0.0170. The number of aliphatic hydroxyl groups excluding tert-OH is 1. The molecule has 33 heavy (non-hydrogen) atoms. The van der Waals surface area contributed by atoms with Crippen LogP contribution in [-0.4, -0.2) is 55.1 Å². The molecular formula is C26H35NO6. The van der Waals surface area contributed by atoms with Gasteiger partial charge in [-0.05, 0) is 62.4 Å². The van der Waals surface area contributed by atoms with Crippen molar-refractivity contribution < 1.29 is 28.8 Å². The maximum absolute atomic E-state index is 12.2. The van der Waals surface area contributed by atoms with Gasteiger partial charge in [-0.1, -0.05) is 30.3 Å². The Morgan fingerprint density at radius 2 is 1.61 bits per heavy atom. The second-order valence-corrected chi connectivity index (χ2v) is 9.24. The minimum absolute atomic E-state index is 0.112. The van der Waals surface area contributed by atoms with Crippen LogP contribution in [0.2, 0.25) is 0 Å². The van der Waals surface area contributed by atoms with Gasteiger partial charge in [-0.25, -0.2) is 4.79 Å². The molecule has 0 bridgehead atoms. The Morgan fingerprint density at radius 3 is 2.18 bits per heavy atom. The van der Waals surface area contributed by atoms with Crippen molar-refractivity contribution in [3.63, 3.8) is 0 Å². The fourth-order valence-corrected chi connectivity index (χ4v) is 3.76. The summed E-state index contributed by atoms with van der Waals surface area (Å²) in [6, 6.07) is 13.1. The number of hydrogen-bond acceptors (Lipinski definition) is 6. The van der Waals surface area contributed by atoms with Crippen molar-refractivity contribution >= 4 is 6.09 Å². The molecule has 2 aromatic rings. The van der Waals surface area contributed by atoms with E-state index in [-0.39, 0.29) is 12.2 Å². The molecule has 7 heteroatoms. The summed E-state index contributed by atoms with van der Waals surface area (Å²) in [6.07, 6.45) is 0.660. The highest BCUT2D eigenvalue weighted by atomic mass is 16.6. The average Bonchev–Trinajstić information content (AvgIpc) is 2.81. The van der Waals surface area contributed by atoms with Gasteiger partial charge in [-0.3, -0.25) is 0 Å². The maximum Gasteiger partial charge on any atom is 0.410 e. The SMILES string of the molecule is COc1ccc(C(O)c2ccc(COC3CCN(C(=O)OC(C)(C)C)CC3)cc2)cc1OC. The van der Waals surface area contributed by atoms with E-state index in [1.165, 1.54) is 0 Å². The van der Waals surface area contributed by atoms with Crippen LogP contribution < -0.4 is 9.47 Å². The first kappa shape index (κ1) is 24.9. The van der Waals surface area contributed by atoms with E-state index in [1.54, 1.807) is 31.3 Å². The topological polar surface area (TPSA) is 77.5 Å². The van der Waals surface area contributed by atoms with E-state index in [1.807, 2.05) is 51.1 Å². The minimum atomic E-state index is -0.767. The zero-order valence-electron chi connectivity index (χ0n) is 20.2. The van der Waals surface area contributed by atoms with E-state index >= 15 is 0 Å². The molecule has 1 unspecified atom stereocenters. The lowest BCUT2D eigenvalue weighted by atomic mass is 10.00. The smallest absolute Gasteiger partial charge is 0.410 e. The second-order valence-electron chi connectivity index (χ2n) is 9.24. The molecule has 0 aromatic heterocycles. The summed E-state index contributed by atoms with van der Waals surface area (Å²) in [5.74, 6) is 1.20. The molecule has 1 amide bonds. The number of carbonyl (C=O) groups excluding carboxylic acids is 1. The number of piperidine rings is 1. The molecule has 0 saturated carbocycles. The number of nitrogens with zero attached hydrogens (tertiary/aromatic N) is 1. The Balaban J connectivity index is 1.50. The molecule has 0 spiro atoms. The Kier molecular flexibility index (Phi) is 8.21. The molecule has 180 valence electrons. The van der Waals surface area contributed by atoms with Gasteiger partial charge in [0, 0.05) is 13.1 Å². The fraction of sp³-hybridized carbons (Fsp3) is 0.500. The number of rotatable bonds is 7. The van der Waals surface area contributed by atoms with Crippen LogP contribution in [0.25, 0.3) is 0 Å². The van der Waals surface area contributed by atoms with Crippen LogP contribution in [0.4, 0.5) is 4.79 Å². The molecule has 2 aromatic carbocycles. The normalized spacial score (nSPS) is 15.8. The van der Waals surface area contributed by atoms with Crippen LogP contribution >= 0.6 is 0 Å². The Hall–Kier alpha value is -2.77. The number of benzene rings is 2. The van der Waals surface area contributed by atoms with Gasteiger partial charge in [-0.15, -0.1) is 0 Å². The summed E-state index contributed by atoms with van der Waals surface area (Å²) in [5, 5.41) is 10.8. The van der Waals surface area contributed by atoms with Crippen LogP contribution in [0.5, 0.6) is 11.5 Å². The zero-order chi connectivity index (χ0) is 24.0. The van der Waals surface area contributed by atoms with Crippen molar-refractivity contribution in [1.82, 2.24) is 4.90 Å². The highest BCUT2D eigenvalue weighted by Gasteiger charge is 2.27. The van der Waals surface area contributed by atoms with Gasteiger partial charge in [0.2, 0.25) is 0 Å². The van der Waals surface area contributed by atoms with Crippen molar-refractivity contribution in [1.29, 1.82) is 0 Å². The Labute approximate surface area is 196 Å². The lowest BCUT2D eigenvalue weighted by Gasteiger charge is -2.33. The first-order valence-electron chi connectivity index (χ1n) is 11.3. The average molecular weight is 458 g/mol. The van der Waals surface area contributed by atoms with Gasteiger partial charge in [0.25, 0.3) is 0 Å². The predicted octanol–water partition coefficient (Wildman–Crippen LogP) is 4.70. The monoisotopic (exact) mass is 457 g/mol. The largest absolute Gasteiger partial charge is 0.493 e. The van der Waals surface area contributed by atoms with Crippen molar-refractivity contribution in [2.45, 2.75) is 58.0 Å². The summed E-state index contributed by atoms with van der Waals surface area (Å²) in [6.45, 7) is 7.38. The third kappa shape index (κ3) is 6.85. The van der Waals surface area contributed by atoms with Gasteiger partial charge in [0.15, 0.2) is 11.5 Å². The summed E-state index contributed by atoms with van der Waals surface area (Å²) in [7, 11) is 3.16. The summed E-state index contributed by atoms with van der Waals surface area (Å²) in [4.78, 5) is 13.9. The number of hydrogen-bond donors (Lipinski definition) is 1. The van der Waals surface area contributed by atoms with E-state index in [2.05, 4.69) is 0 Å². The van der Waals surface area contributed by atoms with Gasteiger partial charge in [0.1, 0.15) is 11.7 Å². The van der Waals surface area contributed by atoms with Crippen LogP contribution in [-0.2, 0) is 16.1 Å². The first-order chi connectivity index (χ1) is 15.7. The molecule has 1 saturated heterocycles. The molecule has 1 fully saturated rings. The van der Waals surface area contributed by atoms with Crippen LogP contribution in [0.1, 0.15) is 56.4 Å². The number of methoxy groups -OCH3 is 2. The van der Waals surface area contributed by atoms with E-state index < -0.39 is 11.7 Å². The number of carbonyl (C=O) groups is 1. The van der Waals surface area contributed by atoms with E-state index in [0.29, 0.717) is 31.2 Å². The van der Waals surface area contributed by atoms with Gasteiger partial charge in [-0.2, -0.15) is 0 Å². The zero-order valence-corrected chi connectivity index (χ0v) is 20.2. The van der Waals surface area contributed by atoms with Gasteiger partial charge in [0.05, 0.1) is 26.9 Å². The minimum Gasteiger partial charge on any atom is -0.493 e. The van der Waals surface area contributed by atoms with Crippen molar-refractivity contribution in [2.24, 2.45) is 0 Å². The molecule has 1 aliphatic heterocycles. The van der Waals surface area contributed by atoms with E-state index in [0.717, 1.165) is 29.5 Å². The molecule has 7 nitrogen and oxygen atoms in total. The lowest BCUT2D eigenvalue weighted by Crippen LogP contribution is -2.43. The molecular weight excluding hydrogens is 422 g/mol. The number of aliphatic hydroxyl groups is 1.